The maximum atomic E-state index is 13.6. The Morgan fingerprint density at radius 1 is 0.885 bits per heavy atom. The van der Waals surface area contributed by atoms with Gasteiger partial charge in [0.15, 0.2) is 5.78 Å². The van der Waals surface area contributed by atoms with E-state index in [1.165, 1.54) is 0 Å². The fourth-order valence-electron chi connectivity index (χ4n) is 5.99. The number of Topliss-reactive ketones (excluding diaryl/α,β-unsaturated/α-hetero) is 2. The van der Waals surface area contributed by atoms with E-state index in [0.717, 1.165) is 45.0 Å². The molecular formula is C37H40N6O8S. The van der Waals surface area contributed by atoms with Gasteiger partial charge in [0.05, 0.1) is 33.6 Å². The van der Waals surface area contributed by atoms with Crippen LogP contribution in [0, 0.1) is 5.92 Å². The molecular weight excluding hydrogens is 689 g/mol. The van der Waals surface area contributed by atoms with E-state index in [1.807, 2.05) is 72.8 Å². The zero-order valence-corrected chi connectivity index (χ0v) is 29.1. The van der Waals surface area contributed by atoms with Gasteiger partial charge in [0.2, 0.25) is 11.8 Å². The maximum absolute atomic E-state index is 13.6. The van der Waals surface area contributed by atoms with Gasteiger partial charge in [-0.15, -0.1) is 11.8 Å². The lowest BCUT2D eigenvalue weighted by Gasteiger charge is -2.23. The summed E-state index contributed by atoms with van der Waals surface area (Å²) in [5.74, 6) is -5.50. The quantitative estimate of drug-likeness (QED) is 0.0930. The lowest BCUT2D eigenvalue weighted by molar-refractivity contribution is -0.139. The van der Waals surface area contributed by atoms with Gasteiger partial charge >= 0.3 is 11.9 Å². The molecule has 0 spiro atoms. The van der Waals surface area contributed by atoms with Crippen LogP contribution in [0.4, 0.5) is 0 Å². The molecule has 1 saturated carbocycles. The van der Waals surface area contributed by atoms with E-state index in [9.17, 15) is 28.8 Å². The SMILES string of the molecule is N[C@@H](CCC(=O)N[C@@H](CSC1CC(=O)C(CCN(Cc2ccc3ccccc3n2)Cc2ccc3ccccc3n2)C1=O)C(=O)NCC(=O)O)C(=O)O. The summed E-state index contributed by atoms with van der Waals surface area (Å²) < 4.78 is 0. The Morgan fingerprint density at radius 2 is 1.48 bits per heavy atom. The van der Waals surface area contributed by atoms with Gasteiger partial charge in [0.1, 0.15) is 24.4 Å². The van der Waals surface area contributed by atoms with Crippen molar-refractivity contribution >= 4 is 68.9 Å². The van der Waals surface area contributed by atoms with E-state index in [2.05, 4.69) is 15.5 Å². The van der Waals surface area contributed by atoms with Crippen LogP contribution in [0.2, 0.25) is 0 Å². The van der Waals surface area contributed by atoms with Crippen LogP contribution in [0.3, 0.4) is 0 Å². The lowest BCUT2D eigenvalue weighted by atomic mass is 10.0. The zero-order valence-electron chi connectivity index (χ0n) is 28.3. The minimum atomic E-state index is -1.29. The van der Waals surface area contributed by atoms with Crippen molar-refractivity contribution in [2.45, 2.75) is 56.1 Å². The number of carbonyl (C=O) groups is 6. The molecule has 272 valence electrons. The predicted molar refractivity (Wildman–Crippen MR) is 194 cm³/mol. The van der Waals surface area contributed by atoms with Crippen molar-refractivity contribution in [2.75, 3.05) is 18.8 Å². The van der Waals surface area contributed by atoms with E-state index in [1.54, 1.807) is 0 Å². The van der Waals surface area contributed by atoms with Crippen LogP contribution >= 0.6 is 11.8 Å². The first-order valence-corrected chi connectivity index (χ1v) is 17.9. The molecule has 15 heteroatoms. The summed E-state index contributed by atoms with van der Waals surface area (Å²) in [5, 5.41) is 23.9. The van der Waals surface area contributed by atoms with Crippen LogP contribution in [0.15, 0.2) is 72.8 Å². The summed E-state index contributed by atoms with van der Waals surface area (Å²) in [4.78, 5) is 85.9. The monoisotopic (exact) mass is 728 g/mol. The van der Waals surface area contributed by atoms with Crippen molar-refractivity contribution in [3.63, 3.8) is 0 Å². The molecule has 2 unspecified atom stereocenters. The number of ketones is 2. The van der Waals surface area contributed by atoms with Crippen LogP contribution in [0.1, 0.15) is 37.1 Å². The molecule has 6 N–H and O–H groups in total. The molecule has 52 heavy (non-hydrogen) atoms. The Kier molecular flexibility index (Phi) is 13.0. The highest BCUT2D eigenvalue weighted by Gasteiger charge is 2.41. The smallest absolute Gasteiger partial charge is 0.322 e. The molecule has 4 atom stereocenters. The number of aliphatic carboxylic acids is 2. The Morgan fingerprint density at radius 3 is 2.06 bits per heavy atom. The number of pyridine rings is 2. The molecule has 1 aliphatic rings. The number of aromatic nitrogens is 2. The van der Waals surface area contributed by atoms with Crippen LogP contribution in [-0.2, 0) is 41.9 Å². The molecule has 1 aliphatic carbocycles. The van der Waals surface area contributed by atoms with Crippen molar-refractivity contribution in [3.05, 3.63) is 84.2 Å². The molecule has 2 amide bonds. The molecule has 0 saturated heterocycles. The third-order valence-corrected chi connectivity index (χ3v) is 10.1. The lowest BCUT2D eigenvalue weighted by Crippen LogP contribution is -2.49. The molecule has 2 aromatic carbocycles. The number of carboxylic acids is 2. The van der Waals surface area contributed by atoms with E-state index < -0.39 is 53.5 Å². The highest BCUT2D eigenvalue weighted by atomic mass is 32.2. The molecule has 0 bridgehead atoms. The molecule has 0 aliphatic heterocycles. The number of thioether (sulfide) groups is 1. The fraction of sp³-hybridized carbons (Fsp3) is 0.351. The number of nitrogens with one attached hydrogen (secondary N) is 2. The molecule has 4 aromatic rings. The second kappa shape index (κ2) is 17.8. The van der Waals surface area contributed by atoms with Gasteiger partial charge in [0.25, 0.3) is 0 Å². The number of fused-ring (bicyclic) bond motifs is 2. The van der Waals surface area contributed by atoms with Crippen LogP contribution in [-0.4, -0.2) is 96.6 Å². The van der Waals surface area contributed by atoms with Crippen molar-refractivity contribution in [1.82, 2.24) is 25.5 Å². The largest absolute Gasteiger partial charge is 0.480 e. The summed E-state index contributed by atoms with van der Waals surface area (Å²) >= 11 is 1.04. The number of carbonyl (C=O) groups excluding carboxylic acids is 4. The first kappa shape index (κ1) is 38.0. The highest BCUT2D eigenvalue weighted by molar-refractivity contribution is 8.00. The molecule has 2 aromatic heterocycles. The minimum Gasteiger partial charge on any atom is -0.480 e. The summed E-state index contributed by atoms with van der Waals surface area (Å²) in [7, 11) is 0. The fourth-order valence-corrected chi connectivity index (χ4v) is 7.26. The first-order valence-electron chi connectivity index (χ1n) is 16.8. The molecule has 2 heterocycles. The number of benzene rings is 2. The van der Waals surface area contributed by atoms with Crippen molar-refractivity contribution in [1.29, 1.82) is 0 Å². The van der Waals surface area contributed by atoms with Gasteiger partial charge in [-0.3, -0.25) is 43.6 Å². The van der Waals surface area contributed by atoms with Crippen molar-refractivity contribution < 1.29 is 39.0 Å². The summed E-state index contributed by atoms with van der Waals surface area (Å²) in [5.41, 5.74) is 8.85. The van der Waals surface area contributed by atoms with Gasteiger partial charge in [0, 0.05) is 49.0 Å². The highest BCUT2D eigenvalue weighted by Crippen LogP contribution is 2.31. The maximum Gasteiger partial charge on any atom is 0.322 e. The predicted octanol–water partition coefficient (Wildman–Crippen LogP) is 2.31. The Balaban J connectivity index is 1.24. The van der Waals surface area contributed by atoms with Crippen molar-refractivity contribution in [3.8, 4) is 0 Å². The minimum absolute atomic E-state index is 0.0441. The van der Waals surface area contributed by atoms with Crippen LogP contribution < -0.4 is 16.4 Å². The third-order valence-electron chi connectivity index (χ3n) is 8.78. The normalized spacial score (nSPS) is 17.0. The average Bonchev–Trinajstić information content (AvgIpc) is 3.40. The Labute approximate surface area is 303 Å². The number of hydrogen-bond acceptors (Lipinski definition) is 11. The molecule has 5 rings (SSSR count). The number of amides is 2. The number of hydrogen-bond donors (Lipinski definition) is 5. The van der Waals surface area contributed by atoms with Gasteiger partial charge in [-0.2, -0.15) is 0 Å². The van der Waals surface area contributed by atoms with Gasteiger partial charge < -0.3 is 26.6 Å². The summed E-state index contributed by atoms with van der Waals surface area (Å²) in [6.45, 7) is 0.619. The molecule has 14 nitrogen and oxygen atoms in total. The average molecular weight is 729 g/mol. The van der Waals surface area contributed by atoms with Gasteiger partial charge in [-0.1, -0.05) is 48.5 Å². The van der Waals surface area contributed by atoms with E-state index in [0.29, 0.717) is 19.6 Å². The second-order valence-corrected chi connectivity index (χ2v) is 13.9. The summed E-state index contributed by atoms with van der Waals surface area (Å²) in [6, 6.07) is 21.1. The third kappa shape index (κ3) is 10.4. The standard InChI is InChI=1S/C37H40N6O8S/c38-27(37(50)51)13-14-33(45)42-30(36(49)39-18-34(46)47)21-52-32-17-31(44)26(35(32)48)15-16-43(19-24-11-9-22-5-1-3-7-28(22)40-24)20-25-12-10-23-6-2-4-8-29(23)41-25/h1-12,26-27,30,32H,13-21,38H2,(H,39,49)(H,42,45)(H,46,47)(H,50,51)/t26?,27-,30-,32?/m0/s1. The Bertz CT molecular complexity index is 1890. The first-order chi connectivity index (χ1) is 25.0. The number of nitrogens with two attached hydrogens (primary N) is 1. The summed E-state index contributed by atoms with van der Waals surface area (Å²) in [6.07, 6.45) is -0.250. The number of carboxylic acid groups (broad SMARTS) is 2. The number of nitrogens with zero attached hydrogens (tertiary/aromatic N) is 3. The zero-order chi connectivity index (χ0) is 37.2. The van der Waals surface area contributed by atoms with E-state index in [4.69, 9.17) is 25.9 Å². The van der Waals surface area contributed by atoms with Crippen LogP contribution in [0.5, 0.6) is 0 Å². The number of para-hydroxylation sites is 2. The topological polar surface area (TPSA) is 222 Å². The number of rotatable bonds is 18. The van der Waals surface area contributed by atoms with Crippen LogP contribution in [0.25, 0.3) is 21.8 Å². The van der Waals surface area contributed by atoms with E-state index in [-0.39, 0.29) is 43.0 Å². The molecule has 0 radical (unpaired) electrons. The van der Waals surface area contributed by atoms with Gasteiger partial charge in [-0.05, 0) is 37.1 Å². The molecule has 1 fully saturated rings. The van der Waals surface area contributed by atoms with Crippen molar-refractivity contribution in [2.24, 2.45) is 11.7 Å². The van der Waals surface area contributed by atoms with E-state index >= 15 is 0 Å². The second-order valence-electron chi connectivity index (χ2n) is 12.7. The van der Waals surface area contributed by atoms with Gasteiger partial charge in [-0.25, -0.2) is 0 Å². The Hall–Kier alpha value is -5.25.